The van der Waals surface area contributed by atoms with Gasteiger partial charge >= 0.3 is 0 Å². The van der Waals surface area contributed by atoms with E-state index in [2.05, 4.69) is 17.2 Å². The van der Waals surface area contributed by atoms with Crippen LogP contribution in [0.3, 0.4) is 0 Å². The van der Waals surface area contributed by atoms with Crippen molar-refractivity contribution in [1.29, 1.82) is 0 Å². The molecule has 0 aromatic heterocycles. The third-order valence-corrected chi connectivity index (χ3v) is 5.46. The highest BCUT2D eigenvalue weighted by Crippen LogP contribution is 2.34. The number of rotatable bonds is 4. The third kappa shape index (κ3) is 3.36. The molecular weight excluding hydrogens is 204 g/mol. The van der Waals surface area contributed by atoms with Gasteiger partial charge < -0.3 is 0 Å². The lowest BCUT2D eigenvalue weighted by Crippen LogP contribution is -2.43. The highest BCUT2D eigenvalue weighted by molar-refractivity contribution is 8.00. The Morgan fingerprint density at radius 2 is 1.93 bits per heavy atom. The van der Waals surface area contributed by atoms with E-state index in [0.29, 0.717) is 6.04 Å². The van der Waals surface area contributed by atoms with Crippen LogP contribution in [0.5, 0.6) is 0 Å². The lowest BCUT2D eigenvalue weighted by atomic mass is 9.84. The standard InChI is InChI=1S/C12H24N2S/c13-14-11(12-7-4-8-15-12)9-10-5-2-1-3-6-10/h10-12,14H,1-9,13H2. The van der Waals surface area contributed by atoms with E-state index in [-0.39, 0.29) is 0 Å². The van der Waals surface area contributed by atoms with Crippen LogP contribution in [0.1, 0.15) is 51.4 Å². The first-order valence-electron chi connectivity index (χ1n) is 6.48. The summed E-state index contributed by atoms with van der Waals surface area (Å²) in [5, 5.41) is 0.789. The Labute approximate surface area is 97.7 Å². The molecule has 1 aliphatic carbocycles. The molecule has 1 saturated carbocycles. The van der Waals surface area contributed by atoms with E-state index in [1.54, 1.807) is 0 Å². The molecule has 0 radical (unpaired) electrons. The van der Waals surface area contributed by atoms with E-state index in [1.165, 1.54) is 57.1 Å². The summed E-state index contributed by atoms with van der Waals surface area (Å²) >= 11 is 2.12. The van der Waals surface area contributed by atoms with Crippen molar-refractivity contribution in [2.24, 2.45) is 11.8 Å². The summed E-state index contributed by atoms with van der Waals surface area (Å²) in [5.41, 5.74) is 3.07. The zero-order valence-corrected chi connectivity index (χ0v) is 10.4. The molecule has 2 nitrogen and oxygen atoms in total. The zero-order valence-electron chi connectivity index (χ0n) is 9.58. The maximum absolute atomic E-state index is 5.71. The number of hydrogen-bond donors (Lipinski definition) is 2. The van der Waals surface area contributed by atoms with Gasteiger partial charge in [0.05, 0.1) is 0 Å². The summed E-state index contributed by atoms with van der Waals surface area (Å²) in [6.07, 6.45) is 11.3. The number of thioether (sulfide) groups is 1. The number of nitrogens with one attached hydrogen (secondary N) is 1. The van der Waals surface area contributed by atoms with Gasteiger partial charge in [0.15, 0.2) is 0 Å². The number of nitrogens with two attached hydrogens (primary N) is 1. The Kier molecular flexibility index (Phi) is 4.79. The van der Waals surface area contributed by atoms with E-state index in [1.807, 2.05) is 0 Å². The van der Waals surface area contributed by atoms with Crippen molar-refractivity contribution in [3.63, 3.8) is 0 Å². The molecule has 2 unspecified atom stereocenters. The van der Waals surface area contributed by atoms with E-state index >= 15 is 0 Å². The van der Waals surface area contributed by atoms with Gasteiger partial charge in [0.1, 0.15) is 0 Å². The minimum atomic E-state index is 0.570. The predicted molar refractivity (Wildman–Crippen MR) is 67.8 cm³/mol. The van der Waals surface area contributed by atoms with Gasteiger partial charge in [0.25, 0.3) is 0 Å². The summed E-state index contributed by atoms with van der Waals surface area (Å²) in [6.45, 7) is 0. The minimum Gasteiger partial charge on any atom is -0.271 e. The molecule has 1 saturated heterocycles. The molecule has 1 aliphatic heterocycles. The van der Waals surface area contributed by atoms with Crippen molar-refractivity contribution in [1.82, 2.24) is 5.43 Å². The van der Waals surface area contributed by atoms with Crippen LogP contribution in [0, 0.1) is 5.92 Å². The molecule has 1 heterocycles. The fourth-order valence-electron chi connectivity index (χ4n) is 3.03. The first-order valence-corrected chi connectivity index (χ1v) is 7.53. The molecule has 15 heavy (non-hydrogen) atoms. The van der Waals surface area contributed by atoms with Gasteiger partial charge in [-0.05, 0) is 30.9 Å². The highest BCUT2D eigenvalue weighted by Gasteiger charge is 2.27. The predicted octanol–water partition coefficient (Wildman–Crippen LogP) is 2.68. The molecule has 0 bridgehead atoms. The van der Waals surface area contributed by atoms with Crippen molar-refractivity contribution >= 4 is 11.8 Å². The van der Waals surface area contributed by atoms with Crippen molar-refractivity contribution in [2.75, 3.05) is 5.75 Å². The maximum atomic E-state index is 5.71. The van der Waals surface area contributed by atoms with Crippen molar-refractivity contribution in [3.05, 3.63) is 0 Å². The second-order valence-electron chi connectivity index (χ2n) is 5.06. The molecule has 2 rings (SSSR count). The monoisotopic (exact) mass is 228 g/mol. The smallest absolute Gasteiger partial charge is 0.0332 e. The lowest BCUT2D eigenvalue weighted by molar-refractivity contribution is 0.294. The van der Waals surface area contributed by atoms with Gasteiger partial charge in [-0.1, -0.05) is 32.1 Å². The van der Waals surface area contributed by atoms with Crippen molar-refractivity contribution < 1.29 is 0 Å². The molecule has 0 aromatic rings. The summed E-state index contributed by atoms with van der Waals surface area (Å²) in [6, 6.07) is 0.570. The molecule has 2 aliphatic rings. The van der Waals surface area contributed by atoms with Crippen LogP contribution in [-0.2, 0) is 0 Å². The zero-order chi connectivity index (χ0) is 10.5. The molecule has 88 valence electrons. The molecule has 3 N–H and O–H groups in total. The van der Waals surface area contributed by atoms with Crippen molar-refractivity contribution in [3.8, 4) is 0 Å². The SMILES string of the molecule is NNC(CC1CCCCC1)C1CCCS1. The summed E-state index contributed by atoms with van der Waals surface area (Å²) in [4.78, 5) is 0. The van der Waals surface area contributed by atoms with Crippen LogP contribution < -0.4 is 11.3 Å². The summed E-state index contributed by atoms with van der Waals surface area (Å²) in [7, 11) is 0. The molecule has 2 fully saturated rings. The molecule has 3 heteroatoms. The van der Waals surface area contributed by atoms with Gasteiger partial charge in [-0.2, -0.15) is 11.8 Å². The normalized spacial score (nSPS) is 30.6. The Morgan fingerprint density at radius 1 is 1.13 bits per heavy atom. The second kappa shape index (κ2) is 6.12. The summed E-state index contributed by atoms with van der Waals surface area (Å²) < 4.78 is 0. The Morgan fingerprint density at radius 3 is 2.53 bits per heavy atom. The first kappa shape index (κ1) is 11.7. The minimum absolute atomic E-state index is 0.570. The van der Waals surface area contributed by atoms with Crippen LogP contribution >= 0.6 is 11.8 Å². The fourth-order valence-corrected chi connectivity index (χ4v) is 4.42. The van der Waals surface area contributed by atoms with Gasteiger partial charge in [-0.3, -0.25) is 11.3 Å². The molecule has 0 amide bonds. The number of hydrazine groups is 1. The Hall–Kier alpha value is 0.270. The molecule has 0 aromatic carbocycles. The Balaban J connectivity index is 1.78. The average molecular weight is 228 g/mol. The largest absolute Gasteiger partial charge is 0.271 e. The quantitative estimate of drug-likeness (QED) is 0.574. The van der Waals surface area contributed by atoms with E-state index in [4.69, 9.17) is 5.84 Å². The lowest BCUT2D eigenvalue weighted by Gasteiger charge is -2.29. The molecular formula is C12H24N2S. The van der Waals surface area contributed by atoms with E-state index in [9.17, 15) is 0 Å². The topological polar surface area (TPSA) is 38.0 Å². The van der Waals surface area contributed by atoms with Crippen LogP contribution in [0.25, 0.3) is 0 Å². The van der Waals surface area contributed by atoms with E-state index < -0.39 is 0 Å². The fraction of sp³-hybridized carbons (Fsp3) is 1.00. The third-order valence-electron chi connectivity index (χ3n) is 3.94. The maximum Gasteiger partial charge on any atom is 0.0332 e. The number of hydrogen-bond acceptors (Lipinski definition) is 3. The van der Waals surface area contributed by atoms with Crippen molar-refractivity contribution in [2.45, 2.75) is 62.7 Å². The van der Waals surface area contributed by atoms with Gasteiger partial charge in [-0.15, -0.1) is 0 Å². The summed E-state index contributed by atoms with van der Waals surface area (Å²) in [5.74, 6) is 7.99. The molecule has 0 spiro atoms. The van der Waals surface area contributed by atoms with Crippen LogP contribution in [0.15, 0.2) is 0 Å². The van der Waals surface area contributed by atoms with Gasteiger partial charge in [-0.25, -0.2) is 0 Å². The second-order valence-corrected chi connectivity index (χ2v) is 6.41. The van der Waals surface area contributed by atoms with Crippen LogP contribution in [0.2, 0.25) is 0 Å². The van der Waals surface area contributed by atoms with Gasteiger partial charge in [0.2, 0.25) is 0 Å². The van der Waals surface area contributed by atoms with Gasteiger partial charge in [0, 0.05) is 11.3 Å². The Bertz CT molecular complexity index is 174. The van der Waals surface area contributed by atoms with E-state index in [0.717, 1.165) is 11.2 Å². The first-order chi connectivity index (χ1) is 7.40. The van der Waals surface area contributed by atoms with Crippen LogP contribution in [-0.4, -0.2) is 17.0 Å². The molecule has 2 atom stereocenters. The van der Waals surface area contributed by atoms with Crippen LogP contribution in [0.4, 0.5) is 0 Å². The highest BCUT2D eigenvalue weighted by atomic mass is 32.2. The average Bonchev–Trinajstić information content (AvgIpc) is 2.81.